The van der Waals surface area contributed by atoms with Crippen LogP contribution in [0.3, 0.4) is 0 Å². The highest BCUT2D eigenvalue weighted by molar-refractivity contribution is 7.99. The Labute approximate surface area is 206 Å². The summed E-state index contributed by atoms with van der Waals surface area (Å²) in [5.74, 6) is -2.80. The van der Waals surface area contributed by atoms with Crippen LogP contribution in [0, 0.1) is 5.82 Å². The molecule has 3 amide bonds. The normalized spacial score (nSPS) is 17.5. The molecule has 35 heavy (non-hydrogen) atoms. The molecular formula is C24H25FN3O6S-. The van der Waals surface area contributed by atoms with Crippen molar-refractivity contribution in [2.75, 3.05) is 17.6 Å². The van der Waals surface area contributed by atoms with Gasteiger partial charge in [0.1, 0.15) is 22.8 Å². The zero-order chi connectivity index (χ0) is 25.8. The molecule has 2 N–H and O–H groups in total. The third kappa shape index (κ3) is 6.95. The lowest BCUT2D eigenvalue weighted by atomic mass is 10.1. The van der Waals surface area contributed by atoms with E-state index in [0.29, 0.717) is 5.56 Å². The molecule has 3 rings (SSSR count). The maximum atomic E-state index is 13.9. The molecule has 1 fully saturated rings. The summed E-state index contributed by atoms with van der Waals surface area (Å²) in [5.41, 5.74) is -0.201. The van der Waals surface area contributed by atoms with E-state index in [4.69, 9.17) is 4.74 Å². The van der Waals surface area contributed by atoms with Gasteiger partial charge in [0, 0.05) is 11.4 Å². The minimum absolute atomic E-state index is 0.119. The van der Waals surface area contributed by atoms with Gasteiger partial charge in [-0.1, -0.05) is 24.3 Å². The van der Waals surface area contributed by atoms with E-state index >= 15 is 0 Å². The van der Waals surface area contributed by atoms with Gasteiger partial charge in [0.05, 0.1) is 12.5 Å². The number of carboxylic acid groups (broad SMARTS) is 1. The van der Waals surface area contributed by atoms with Gasteiger partial charge in [0.25, 0.3) is 0 Å². The monoisotopic (exact) mass is 502 g/mol. The second kappa shape index (κ2) is 10.8. The van der Waals surface area contributed by atoms with Gasteiger partial charge in [0.15, 0.2) is 0 Å². The average Bonchev–Trinajstić information content (AvgIpc) is 3.22. The first kappa shape index (κ1) is 26.0. The number of rotatable bonds is 6. The Morgan fingerprint density at radius 3 is 2.51 bits per heavy atom. The molecule has 9 nitrogen and oxygen atoms in total. The van der Waals surface area contributed by atoms with Crippen LogP contribution in [-0.2, 0) is 14.3 Å². The largest absolute Gasteiger partial charge is 0.545 e. The zero-order valence-corrected chi connectivity index (χ0v) is 20.2. The summed E-state index contributed by atoms with van der Waals surface area (Å²) in [4.78, 5) is 50.6. The number of halogens is 1. The summed E-state index contributed by atoms with van der Waals surface area (Å²) in [6.45, 7) is 4.68. The van der Waals surface area contributed by atoms with Gasteiger partial charge in [-0.05, 0) is 56.2 Å². The molecule has 0 spiro atoms. The molecule has 2 aromatic rings. The molecular weight excluding hydrogens is 477 g/mol. The minimum atomic E-state index is -1.40. The first-order valence-corrected chi connectivity index (χ1v) is 11.8. The number of carbonyl (C=O) groups excluding carboxylic acids is 4. The summed E-state index contributed by atoms with van der Waals surface area (Å²) in [5, 5.41) is 15.2. The molecule has 1 heterocycles. The molecule has 1 aliphatic rings. The van der Waals surface area contributed by atoms with E-state index in [0.717, 1.165) is 0 Å². The van der Waals surface area contributed by atoms with E-state index in [-0.39, 0.29) is 17.0 Å². The molecule has 0 bridgehead atoms. The molecule has 1 aliphatic heterocycles. The van der Waals surface area contributed by atoms with Crippen LogP contribution in [0.15, 0.2) is 48.5 Å². The number of amides is 3. The maximum Gasteiger partial charge on any atom is 0.330 e. The first-order chi connectivity index (χ1) is 16.4. The number of nitrogens with zero attached hydrogens (tertiary/aromatic N) is 1. The number of carboxylic acids is 1. The molecule has 1 saturated heterocycles. The van der Waals surface area contributed by atoms with E-state index < -0.39 is 53.3 Å². The summed E-state index contributed by atoms with van der Waals surface area (Å²) >= 11 is 1.29. The predicted molar refractivity (Wildman–Crippen MR) is 126 cm³/mol. The molecule has 11 heteroatoms. The van der Waals surface area contributed by atoms with Crippen molar-refractivity contribution in [2.24, 2.45) is 0 Å². The fourth-order valence-electron chi connectivity index (χ4n) is 3.43. The first-order valence-electron chi connectivity index (χ1n) is 10.7. The van der Waals surface area contributed by atoms with Crippen molar-refractivity contribution >= 4 is 41.3 Å². The molecule has 2 atom stereocenters. The van der Waals surface area contributed by atoms with Crippen molar-refractivity contribution in [3.05, 3.63) is 65.5 Å². The summed E-state index contributed by atoms with van der Waals surface area (Å²) in [7, 11) is 0. The minimum Gasteiger partial charge on any atom is -0.545 e. The van der Waals surface area contributed by atoms with Crippen molar-refractivity contribution in [3.63, 3.8) is 0 Å². The van der Waals surface area contributed by atoms with Crippen LogP contribution < -0.4 is 15.7 Å². The van der Waals surface area contributed by atoms with E-state index in [9.17, 15) is 28.7 Å². The highest BCUT2D eigenvalue weighted by Gasteiger charge is 2.44. The fraction of sp³-hybridized carbons (Fsp3) is 0.333. The summed E-state index contributed by atoms with van der Waals surface area (Å²) < 4.78 is 19.3. The van der Waals surface area contributed by atoms with Gasteiger partial charge in [0.2, 0.25) is 5.91 Å². The number of ether oxygens (including phenoxy) is 1. The lowest BCUT2D eigenvalue weighted by Gasteiger charge is -2.30. The Hall–Kier alpha value is -3.60. The van der Waals surface area contributed by atoms with Crippen LogP contribution in [0.2, 0.25) is 0 Å². The van der Waals surface area contributed by atoms with Gasteiger partial charge in [-0.15, -0.1) is 11.8 Å². The number of hydrogen-bond acceptors (Lipinski definition) is 7. The van der Waals surface area contributed by atoms with Crippen molar-refractivity contribution in [3.8, 4) is 0 Å². The predicted octanol–water partition coefficient (Wildman–Crippen LogP) is 2.30. The van der Waals surface area contributed by atoms with Crippen LogP contribution in [0.1, 0.15) is 42.1 Å². The van der Waals surface area contributed by atoms with Gasteiger partial charge < -0.3 is 30.2 Å². The molecule has 0 aromatic heterocycles. The van der Waals surface area contributed by atoms with Gasteiger partial charge in [-0.3, -0.25) is 4.79 Å². The van der Waals surface area contributed by atoms with E-state index in [1.165, 1.54) is 59.1 Å². The van der Waals surface area contributed by atoms with E-state index in [2.05, 4.69) is 10.6 Å². The maximum absolute atomic E-state index is 13.9. The topological polar surface area (TPSA) is 128 Å². The highest BCUT2D eigenvalue weighted by atomic mass is 32.2. The zero-order valence-electron chi connectivity index (χ0n) is 19.4. The second-order valence-corrected chi connectivity index (χ2v) is 9.88. The van der Waals surface area contributed by atoms with Crippen LogP contribution in [0.25, 0.3) is 0 Å². The van der Waals surface area contributed by atoms with Gasteiger partial charge in [-0.25, -0.2) is 14.0 Å². The Morgan fingerprint density at radius 1 is 1.14 bits per heavy atom. The Bertz CT molecular complexity index is 1140. The third-order valence-corrected chi connectivity index (χ3v) is 6.18. The van der Waals surface area contributed by atoms with Crippen molar-refractivity contribution in [1.82, 2.24) is 10.2 Å². The molecule has 2 unspecified atom stereocenters. The average molecular weight is 503 g/mol. The standard InChI is InChI=1S/C24H26FN3O6S/c1-24(2,3)34-22(32)18-13-35-20(14-6-4-8-16(25)10-14)28(18)19(29)12-26-23(33)27-17-9-5-7-15(11-17)21(30)31/h4-11,18,20H,12-13H2,1-3H3,(H,30,31)(H2,26,27,33)/p-1. The van der Waals surface area contributed by atoms with Crippen LogP contribution in [0.4, 0.5) is 14.9 Å². The van der Waals surface area contributed by atoms with Crippen LogP contribution >= 0.6 is 11.8 Å². The number of urea groups is 1. The second-order valence-electron chi connectivity index (χ2n) is 8.77. The quantitative estimate of drug-likeness (QED) is 0.580. The number of nitrogens with one attached hydrogen (secondary N) is 2. The number of thioether (sulfide) groups is 1. The van der Waals surface area contributed by atoms with Gasteiger partial charge >= 0.3 is 12.0 Å². The summed E-state index contributed by atoms with van der Waals surface area (Å²) in [6, 6.07) is 9.50. The number of carbonyl (C=O) groups is 4. The number of hydrogen-bond donors (Lipinski definition) is 2. The Balaban J connectivity index is 1.74. The molecule has 186 valence electrons. The smallest absolute Gasteiger partial charge is 0.330 e. The number of aromatic carboxylic acids is 1. The van der Waals surface area contributed by atoms with Crippen molar-refractivity contribution in [2.45, 2.75) is 37.8 Å². The molecule has 0 saturated carbocycles. The Morgan fingerprint density at radius 2 is 1.86 bits per heavy atom. The van der Waals surface area contributed by atoms with Crippen LogP contribution in [0.5, 0.6) is 0 Å². The molecule has 2 aromatic carbocycles. The lowest BCUT2D eigenvalue weighted by Crippen LogP contribution is -2.49. The van der Waals surface area contributed by atoms with E-state index in [1.54, 1.807) is 26.8 Å². The lowest BCUT2D eigenvalue weighted by molar-refractivity contribution is -0.255. The summed E-state index contributed by atoms with van der Waals surface area (Å²) in [6.07, 6.45) is 0. The number of anilines is 1. The fourth-order valence-corrected chi connectivity index (χ4v) is 4.85. The van der Waals surface area contributed by atoms with Crippen molar-refractivity contribution < 1.29 is 33.4 Å². The Kier molecular flexibility index (Phi) is 8.00. The highest BCUT2D eigenvalue weighted by Crippen LogP contribution is 2.42. The molecule has 0 aliphatic carbocycles. The SMILES string of the molecule is CC(C)(C)OC(=O)C1CSC(c2cccc(F)c2)N1C(=O)CNC(=O)Nc1cccc(C(=O)[O-])c1. The number of benzene rings is 2. The molecule has 0 radical (unpaired) electrons. The number of esters is 1. The van der Waals surface area contributed by atoms with Crippen LogP contribution in [-0.4, -0.2) is 52.7 Å². The third-order valence-electron chi connectivity index (χ3n) is 4.86. The van der Waals surface area contributed by atoms with Crippen molar-refractivity contribution in [1.29, 1.82) is 0 Å². The van der Waals surface area contributed by atoms with Gasteiger partial charge in [-0.2, -0.15) is 0 Å². The van der Waals surface area contributed by atoms with E-state index in [1.807, 2.05) is 0 Å².